The fraction of sp³-hybridized carbons (Fsp3) is 0. The molecule has 20 heavy (non-hydrogen) atoms. The molecule has 0 bridgehead atoms. The number of carbonyl (C=O) groups excluding carboxylic acids is 1. The van der Waals surface area contributed by atoms with Crippen molar-refractivity contribution in [1.29, 1.82) is 0 Å². The van der Waals surface area contributed by atoms with Crippen LogP contribution in [0.5, 0.6) is 23.0 Å². The summed E-state index contributed by atoms with van der Waals surface area (Å²) in [6.07, 6.45) is 2.43. The molecule has 0 radical (unpaired) electrons. The fourth-order valence-corrected chi connectivity index (χ4v) is 1.65. The highest BCUT2D eigenvalue weighted by atomic mass is 16.3. The molecule has 0 saturated carbocycles. The lowest BCUT2D eigenvalue weighted by molar-refractivity contribution is 0.104. The van der Waals surface area contributed by atoms with Gasteiger partial charge >= 0.3 is 0 Å². The number of hydrogen-bond acceptors (Lipinski definition) is 5. The van der Waals surface area contributed by atoms with Gasteiger partial charge in [-0.15, -0.1) is 0 Å². The maximum atomic E-state index is 11.9. The summed E-state index contributed by atoms with van der Waals surface area (Å²) < 4.78 is 0. The lowest BCUT2D eigenvalue weighted by atomic mass is 10.1. The minimum Gasteiger partial charge on any atom is -0.507 e. The van der Waals surface area contributed by atoms with E-state index in [1.165, 1.54) is 18.2 Å². The third-order valence-electron chi connectivity index (χ3n) is 2.71. The van der Waals surface area contributed by atoms with E-state index in [9.17, 15) is 25.2 Å². The summed E-state index contributed by atoms with van der Waals surface area (Å²) in [4.78, 5) is 11.9. The number of benzene rings is 2. The van der Waals surface area contributed by atoms with Crippen LogP contribution < -0.4 is 0 Å². The van der Waals surface area contributed by atoms with E-state index in [4.69, 9.17) is 0 Å². The molecule has 0 saturated heterocycles. The fourth-order valence-electron chi connectivity index (χ4n) is 1.65. The van der Waals surface area contributed by atoms with Crippen LogP contribution >= 0.6 is 0 Å². The van der Waals surface area contributed by atoms with Crippen molar-refractivity contribution >= 4 is 11.9 Å². The maximum absolute atomic E-state index is 11.9. The quantitative estimate of drug-likeness (QED) is 0.298. The van der Waals surface area contributed by atoms with Crippen molar-refractivity contribution in [2.75, 3.05) is 0 Å². The van der Waals surface area contributed by atoms with E-state index in [2.05, 4.69) is 0 Å². The van der Waals surface area contributed by atoms with Gasteiger partial charge in [0.2, 0.25) is 0 Å². The molecule has 2 aromatic carbocycles. The molecule has 0 aliphatic carbocycles. The Hall–Kier alpha value is -2.95. The number of rotatable bonds is 3. The van der Waals surface area contributed by atoms with Gasteiger partial charge in [-0.2, -0.15) is 0 Å². The number of para-hydroxylation sites is 1. The van der Waals surface area contributed by atoms with Crippen LogP contribution in [0.25, 0.3) is 6.08 Å². The summed E-state index contributed by atoms with van der Waals surface area (Å²) >= 11 is 0. The molecule has 4 N–H and O–H groups in total. The molecule has 0 fully saturated rings. The first kappa shape index (κ1) is 13.5. The largest absolute Gasteiger partial charge is 0.507 e. The lowest BCUT2D eigenvalue weighted by Gasteiger charge is -2.03. The van der Waals surface area contributed by atoms with Gasteiger partial charge in [0.1, 0.15) is 11.5 Å². The van der Waals surface area contributed by atoms with Gasteiger partial charge in [0.25, 0.3) is 0 Å². The van der Waals surface area contributed by atoms with Gasteiger partial charge in [-0.3, -0.25) is 4.79 Å². The Balaban J connectivity index is 2.28. The molecular weight excluding hydrogens is 260 g/mol. The summed E-state index contributed by atoms with van der Waals surface area (Å²) in [6.45, 7) is 0. The Morgan fingerprint density at radius 2 is 1.50 bits per heavy atom. The van der Waals surface area contributed by atoms with E-state index in [0.717, 1.165) is 18.2 Å². The lowest BCUT2D eigenvalue weighted by Crippen LogP contribution is -1.94. The van der Waals surface area contributed by atoms with Crippen molar-refractivity contribution < 1.29 is 25.2 Å². The third kappa shape index (κ3) is 2.72. The van der Waals surface area contributed by atoms with Crippen molar-refractivity contribution in [3.63, 3.8) is 0 Å². The molecule has 5 heteroatoms. The van der Waals surface area contributed by atoms with Crippen LogP contribution in [0, 0.1) is 0 Å². The molecule has 5 nitrogen and oxygen atoms in total. The van der Waals surface area contributed by atoms with E-state index >= 15 is 0 Å². The van der Waals surface area contributed by atoms with E-state index in [1.54, 1.807) is 12.1 Å². The first-order valence-corrected chi connectivity index (χ1v) is 5.74. The van der Waals surface area contributed by atoms with E-state index < -0.39 is 17.3 Å². The molecule has 0 heterocycles. The summed E-state index contributed by atoms with van der Waals surface area (Å²) in [5.41, 5.74) is 0.301. The predicted molar refractivity (Wildman–Crippen MR) is 72.9 cm³/mol. The van der Waals surface area contributed by atoms with E-state index in [-0.39, 0.29) is 22.6 Å². The molecule has 0 unspecified atom stereocenters. The van der Waals surface area contributed by atoms with Gasteiger partial charge in [-0.25, -0.2) is 0 Å². The van der Waals surface area contributed by atoms with Gasteiger partial charge in [-0.05, 0) is 30.4 Å². The van der Waals surface area contributed by atoms with Gasteiger partial charge in [0.05, 0.1) is 5.56 Å². The van der Waals surface area contributed by atoms with E-state index in [1.807, 2.05) is 0 Å². The average Bonchev–Trinajstić information content (AvgIpc) is 2.41. The van der Waals surface area contributed by atoms with Crippen molar-refractivity contribution in [2.24, 2.45) is 0 Å². The number of phenolic OH excluding ortho intramolecular Hbond substituents is 4. The highest BCUT2D eigenvalue weighted by molar-refractivity contribution is 6.08. The van der Waals surface area contributed by atoms with Crippen molar-refractivity contribution in [2.45, 2.75) is 0 Å². The number of hydrogen-bond donors (Lipinski definition) is 4. The first-order chi connectivity index (χ1) is 9.49. The summed E-state index contributed by atoms with van der Waals surface area (Å²) in [6, 6.07) is 8.17. The summed E-state index contributed by atoms with van der Waals surface area (Å²) in [7, 11) is 0. The molecule has 2 aromatic rings. The van der Waals surface area contributed by atoms with Crippen LogP contribution in [-0.4, -0.2) is 26.2 Å². The highest BCUT2D eigenvalue weighted by Gasteiger charge is 2.08. The second kappa shape index (κ2) is 5.36. The average molecular weight is 272 g/mol. The topological polar surface area (TPSA) is 98.0 Å². The molecule has 0 aliphatic rings. The summed E-state index contributed by atoms with van der Waals surface area (Å²) in [5.74, 6) is -1.72. The number of aromatic hydroxyl groups is 4. The van der Waals surface area contributed by atoms with E-state index in [0.29, 0.717) is 0 Å². The van der Waals surface area contributed by atoms with Crippen molar-refractivity contribution in [3.8, 4) is 23.0 Å². The Morgan fingerprint density at radius 1 is 0.850 bits per heavy atom. The number of phenols is 4. The van der Waals surface area contributed by atoms with Gasteiger partial charge in [-0.1, -0.05) is 12.1 Å². The molecule has 0 aliphatic heterocycles. The molecule has 0 amide bonds. The second-order valence-electron chi connectivity index (χ2n) is 4.11. The molecule has 102 valence electrons. The van der Waals surface area contributed by atoms with Crippen LogP contribution in [0.2, 0.25) is 0 Å². The van der Waals surface area contributed by atoms with Gasteiger partial charge in [0, 0.05) is 11.6 Å². The predicted octanol–water partition coefficient (Wildman–Crippen LogP) is 2.41. The zero-order valence-electron chi connectivity index (χ0n) is 10.3. The van der Waals surface area contributed by atoms with Crippen LogP contribution in [0.3, 0.4) is 0 Å². The normalized spacial score (nSPS) is 10.8. The SMILES string of the molecule is O=C(/C=C\c1cc(O)c(O)cc1O)c1ccccc1O. The molecule has 0 aromatic heterocycles. The Bertz CT molecular complexity index is 689. The second-order valence-corrected chi connectivity index (χ2v) is 4.11. The molecule has 0 spiro atoms. The minimum atomic E-state index is -0.452. The number of carbonyl (C=O) groups is 1. The van der Waals surface area contributed by atoms with Crippen LogP contribution in [-0.2, 0) is 0 Å². The monoisotopic (exact) mass is 272 g/mol. The zero-order valence-corrected chi connectivity index (χ0v) is 10.3. The van der Waals surface area contributed by atoms with Gasteiger partial charge < -0.3 is 20.4 Å². The first-order valence-electron chi connectivity index (χ1n) is 5.74. The molecular formula is C15H12O5. The maximum Gasteiger partial charge on any atom is 0.189 e. The Morgan fingerprint density at radius 3 is 2.20 bits per heavy atom. The highest BCUT2D eigenvalue weighted by Crippen LogP contribution is 2.32. The van der Waals surface area contributed by atoms with Crippen molar-refractivity contribution in [1.82, 2.24) is 0 Å². The zero-order chi connectivity index (χ0) is 14.7. The molecule has 0 atom stereocenters. The van der Waals surface area contributed by atoms with Gasteiger partial charge in [0.15, 0.2) is 17.3 Å². The van der Waals surface area contributed by atoms with Crippen LogP contribution in [0.15, 0.2) is 42.5 Å². The summed E-state index contributed by atoms with van der Waals surface area (Å²) in [5, 5.41) is 37.6. The Labute approximate surface area is 114 Å². The van der Waals surface area contributed by atoms with Crippen LogP contribution in [0.4, 0.5) is 0 Å². The minimum absolute atomic E-state index is 0.131. The number of ketones is 1. The third-order valence-corrected chi connectivity index (χ3v) is 2.71. The Kier molecular flexibility index (Phi) is 3.61. The standard InChI is InChI=1S/C15H12O5/c16-11-4-2-1-3-10(11)12(17)6-5-9-7-14(19)15(20)8-13(9)18/h1-8,16,18-20H/b6-5-. The van der Waals surface area contributed by atoms with Crippen LogP contribution in [0.1, 0.15) is 15.9 Å². The molecule has 2 rings (SSSR count). The van der Waals surface area contributed by atoms with Crippen molar-refractivity contribution in [3.05, 3.63) is 53.6 Å². The number of allylic oxidation sites excluding steroid dienone is 1. The smallest absolute Gasteiger partial charge is 0.189 e.